The molecule has 0 saturated carbocycles. The Morgan fingerprint density at radius 2 is 2.05 bits per heavy atom. The van der Waals surface area contributed by atoms with E-state index in [4.69, 9.17) is 11.6 Å². The van der Waals surface area contributed by atoms with E-state index in [1.807, 2.05) is 18.2 Å². The molecule has 1 saturated heterocycles. The Bertz CT molecular complexity index is 459. The van der Waals surface area contributed by atoms with E-state index < -0.39 is 0 Å². The number of amides is 3. The maximum Gasteiger partial charge on any atom is 0.317 e. The first kappa shape index (κ1) is 13.7. The number of halogens is 1. The van der Waals surface area contributed by atoms with E-state index in [-0.39, 0.29) is 6.03 Å². The van der Waals surface area contributed by atoms with E-state index in [9.17, 15) is 9.59 Å². The van der Waals surface area contributed by atoms with E-state index in [0.717, 1.165) is 12.0 Å². The second kappa shape index (κ2) is 6.43. The summed E-state index contributed by atoms with van der Waals surface area (Å²) in [6.07, 6.45) is 0.821. The molecule has 1 aliphatic rings. The molecular weight excluding hydrogens is 266 g/mol. The van der Waals surface area contributed by atoms with Crippen LogP contribution < -0.4 is 5.32 Å². The van der Waals surface area contributed by atoms with E-state index in [1.165, 1.54) is 0 Å². The Kier molecular flexibility index (Phi) is 4.63. The van der Waals surface area contributed by atoms with Crippen molar-refractivity contribution >= 4 is 24.0 Å². The van der Waals surface area contributed by atoms with E-state index >= 15 is 0 Å². The molecule has 5 nitrogen and oxygen atoms in total. The van der Waals surface area contributed by atoms with E-state index in [1.54, 1.807) is 15.9 Å². The lowest BCUT2D eigenvalue weighted by Gasteiger charge is -2.32. The summed E-state index contributed by atoms with van der Waals surface area (Å²) < 4.78 is 0. The molecular formula is C13H16ClN3O2. The van der Waals surface area contributed by atoms with Crippen LogP contribution in [0.15, 0.2) is 24.3 Å². The van der Waals surface area contributed by atoms with Crippen LogP contribution in [-0.4, -0.2) is 48.4 Å². The van der Waals surface area contributed by atoms with Gasteiger partial charge >= 0.3 is 6.03 Å². The lowest BCUT2D eigenvalue weighted by molar-refractivity contribution is -0.119. The van der Waals surface area contributed by atoms with Gasteiger partial charge in [-0.3, -0.25) is 4.79 Å². The fourth-order valence-corrected chi connectivity index (χ4v) is 2.18. The van der Waals surface area contributed by atoms with Crippen molar-refractivity contribution < 1.29 is 9.59 Å². The minimum absolute atomic E-state index is 0.106. The third-order valence-corrected chi connectivity index (χ3v) is 3.32. The average molecular weight is 282 g/mol. The fourth-order valence-electron chi connectivity index (χ4n) is 1.97. The largest absolute Gasteiger partial charge is 0.342 e. The molecule has 0 atom stereocenters. The second-order valence-corrected chi connectivity index (χ2v) is 4.85. The zero-order valence-corrected chi connectivity index (χ0v) is 11.3. The van der Waals surface area contributed by atoms with Gasteiger partial charge in [-0.25, -0.2) is 4.79 Å². The molecule has 1 fully saturated rings. The molecule has 19 heavy (non-hydrogen) atoms. The molecule has 1 aromatic carbocycles. The summed E-state index contributed by atoms with van der Waals surface area (Å²) in [5, 5.41) is 3.51. The number of nitrogens with zero attached hydrogens (tertiary/aromatic N) is 2. The standard InChI is InChI=1S/C13H16ClN3O2/c14-12-3-1-2-11(8-12)9-15-13(19)17-6-4-16(10-18)5-7-17/h1-3,8,10H,4-7,9H2,(H,15,19). The summed E-state index contributed by atoms with van der Waals surface area (Å²) in [6, 6.07) is 7.28. The van der Waals surface area contributed by atoms with Gasteiger partial charge in [-0.05, 0) is 17.7 Å². The number of rotatable bonds is 3. The zero-order chi connectivity index (χ0) is 13.7. The van der Waals surface area contributed by atoms with Crippen LogP contribution in [-0.2, 0) is 11.3 Å². The Labute approximate surface area is 117 Å². The third kappa shape index (κ3) is 3.86. The number of piperazine rings is 1. The Hall–Kier alpha value is -1.75. The minimum atomic E-state index is -0.106. The van der Waals surface area contributed by atoms with Crippen LogP contribution in [0.3, 0.4) is 0 Å². The van der Waals surface area contributed by atoms with Gasteiger partial charge in [0.15, 0.2) is 0 Å². The van der Waals surface area contributed by atoms with E-state index in [2.05, 4.69) is 5.32 Å². The van der Waals surface area contributed by atoms with Crippen molar-refractivity contribution in [3.8, 4) is 0 Å². The average Bonchev–Trinajstić information content (AvgIpc) is 2.45. The molecule has 0 radical (unpaired) electrons. The topological polar surface area (TPSA) is 52.7 Å². The van der Waals surface area contributed by atoms with Crippen LogP contribution >= 0.6 is 11.6 Å². The molecule has 0 spiro atoms. The summed E-state index contributed by atoms with van der Waals surface area (Å²) in [6.45, 7) is 2.77. The van der Waals surface area contributed by atoms with Crippen molar-refractivity contribution in [2.24, 2.45) is 0 Å². The van der Waals surface area contributed by atoms with Crippen LogP contribution in [0.5, 0.6) is 0 Å². The highest BCUT2D eigenvalue weighted by Crippen LogP contribution is 2.10. The maximum atomic E-state index is 11.9. The van der Waals surface area contributed by atoms with Crippen LogP contribution in [0.2, 0.25) is 5.02 Å². The number of carbonyl (C=O) groups is 2. The van der Waals surface area contributed by atoms with Gasteiger partial charge < -0.3 is 15.1 Å². The lowest BCUT2D eigenvalue weighted by atomic mass is 10.2. The normalized spacial score (nSPS) is 15.2. The van der Waals surface area contributed by atoms with Gasteiger partial charge in [0.05, 0.1) is 0 Å². The molecule has 0 bridgehead atoms. The number of benzene rings is 1. The second-order valence-electron chi connectivity index (χ2n) is 4.42. The van der Waals surface area contributed by atoms with Crippen LogP contribution in [0, 0.1) is 0 Å². The monoisotopic (exact) mass is 281 g/mol. The molecule has 3 amide bonds. The molecule has 1 aromatic rings. The van der Waals surface area contributed by atoms with Gasteiger partial charge in [-0.1, -0.05) is 23.7 Å². The van der Waals surface area contributed by atoms with Gasteiger partial charge in [-0.2, -0.15) is 0 Å². The van der Waals surface area contributed by atoms with Crippen molar-refractivity contribution in [2.45, 2.75) is 6.54 Å². The van der Waals surface area contributed by atoms with Gasteiger partial charge in [0.25, 0.3) is 0 Å². The Morgan fingerprint density at radius 3 is 2.68 bits per heavy atom. The van der Waals surface area contributed by atoms with Crippen molar-refractivity contribution in [1.82, 2.24) is 15.1 Å². The number of nitrogens with one attached hydrogen (secondary N) is 1. The molecule has 6 heteroatoms. The Balaban J connectivity index is 1.80. The molecule has 1 N–H and O–H groups in total. The fraction of sp³-hybridized carbons (Fsp3) is 0.385. The molecule has 1 aliphatic heterocycles. The first-order valence-electron chi connectivity index (χ1n) is 6.15. The lowest BCUT2D eigenvalue weighted by Crippen LogP contribution is -2.51. The first-order chi connectivity index (χ1) is 9.19. The van der Waals surface area contributed by atoms with Gasteiger partial charge in [0, 0.05) is 37.7 Å². The first-order valence-corrected chi connectivity index (χ1v) is 6.53. The summed E-state index contributed by atoms with van der Waals surface area (Å²) >= 11 is 5.88. The summed E-state index contributed by atoms with van der Waals surface area (Å²) in [7, 11) is 0. The summed E-state index contributed by atoms with van der Waals surface area (Å²) in [5.41, 5.74) is 0.965. The Morgan fingerprint density at radius 1 is 1.32 bits per heavy atom. The van der Waals surface area contributed by atoms with Crippen molar-refractivity contribution in [3.05, 3.63) is 34.9 Å². The smallest absolute Gasteiger partial charge is 0.317 e. The SMILES string of the molecule is O=CN1CCN(C(=O)NCc2cccc(Cl)c2)CC1. The summed E-state index contributed by atoms with van der Waals surface area (Å²) in [5.74, 6) is 0. The number of hydrogen-bond donors (Lipinski definition) is 1. The zero-order valence-electron chi connectivity index (χ0n) is 10.5. The predicted molar refractivity (Wildman–Crippen MR) is 72.9 cm³/mol. The van der Waals surface area contributed by atoms with E-state index in [0.29, 0.717) is 37.7 Å². The number of carbonyl (C=O) groups excluding carboxylic acids is 2. The molecule has 0 unspecified atom stereocenters. The van der Waals surface area contributed by atoms with Crippen LogP contribution in [0.4, 0.5) is 4.79 Å². The maximum absolute atomic E-state index is 11.9. The molecule has 1 heterocycles. The summed E-state index contributed by atoms with van der Waals surface area (Å²) in [4.78, 5) is 25.9. The highest BCUT2D eigenvalue weighted by Gasteiger charge is 2.19. The molecule has 0 aliphatic carbocycles. The number of urea groups is 1. The van der Waals surface area contributed by atoms with Crippen molar-refractivity contribution in [3.63, 3.8) is 0 Å². The van der Waals surface area contributed by atoms with Crippen molar-refractivity contribution in [2.75, 3.05) is 26.2 Å². The van der Waals surface area contributed by atoms with Gasteiger partial charge in [0.1, 0.15) is 0 Å². The van der Waals surface area contributed by atoms with Crippen LogP contribution in [0.1, 0.15) is 5.56 Å². The highest BCUT2D eigenvalue weighted by molar-refractivity contribution is 6.30. The molecule has 2 rings (SSSR count). The van der Waals surface area contributed by atoms with Crippen molar-refractivity contribution in [1.29, 1.82) is 0 Å². The van der Waals surface area contributed by atoms with Crippen LogP contribution in [0.25, 0.3) is 0 Å². The quantitative estimate of drug-likeness (QED) is 0.850. The molecule has 0 aromatic heterocycles. The molecule has 102 valence electrons. The van der Waals surface area contributed by atoms with Gasteiger partial charge in [-0.15, -0.1) is 0 Å². The number of hydrogen-bond acceptors (Lipinski definition) is 2. The minimum Gasteiger partial charge on any atom is -0.342 e. The third-order valence-electron chi connectivity index (χ3n) is 3.08. The highest BCUT2D eigenvalue weighted by atomic mass is 35.5. The predicted octanol–water partition coefficient (Wildman–Crippen LogP) is 1.32. The van der Waals surface area contributed by atoms with Gasteiger partial charge in [0.2, 0.25) is 6.41 Å².